The quantitative estimate of drug-likeness (QED) is 0.351. The molecule has 2 fully saturated rings. The van der Waals surface area contributed by atoms with Gasteiger partial charge in [-0.3, -0.25) is 19.3 Å². The van der Waals surface area contributed by atoms with Gasteiger partial charge in [0.05, 0.1) is 18.3 Å². The molecule has 0 spiro atoms. The first kappa shape index (κ1) is 22.5. The van der Waals surface area contributed by atoms with Crippen molar-refractivity contribution in [2.24, 2.45) is 5.92 Å². The number of pyridine rings is 1. The highest BCUT2D eigenvalue weighted by Crippen LogP contribution is 2.40. The van der Waals surface area contributed by atoms with E-state index in [2.05, 4.69) is 4.90 Å². The minimum Gasteiger partial charge on any atom is -0.507 e. The molecular formula is C29H27N3O4. The smallest absolute Gasteiger partial charge is 0.296 e. The monoisotopic (exact) mass is 481 g/mol. The molecule has 3 aromatic rings. The Balaban J connectivity index is 1.36. The molecule has 3 atom stereocenters. The molecule has 6 rings (SSSR count). The van der Waals surface area contributed by atoms with Crippen molar-refractivity contribution in [3.63, 3.8) is 0 Å². The van der Waals surface area contributed by atoms with Gasteiger partial charge < -0.3 is 14.6 Å². The highest BCUT2D eigenvalue weighted by Gasteiger charge is 2.47. The maximum atomic E-state index is 13.4. The fraction of sp³-hybridized carbons (Fsp3) is 0.276. The van der Waals surface area contributed by atoms with E-state index in [1.165, 1.54) is 0 Å². The Morgan fingerprint density at radius 3 is 2.33 bits per heavy atom. The number of aliphatic hydroxyl groups is 1. The number of rotatable bonds is 4. The highest BCUT2D eigenvalue weighted by atomic mass is 16.3. The number of benzene rings is 2. The number of Topliss-reactive ketones (excluding diaryl/α,β-unsaturated/α-hetero) is 1. The van der Waals surface area contributed by atoms with Crippen molar-refractivity contribution < 1.29 is 14.7 Å². The van der Waals surface area contributed by atoms with Crippen molar-refractivity contribution in [2.75, 3.05) is 19.8 Å². The van der Waals surface area contributed by atoms with Crippen LogP contribution in [-0.4, -0.2) is 50.9 Å². The van der Waals surface area contributed by atoms with E-state index in [0.717, 1.165) is 30.6 Å². The zero-order valence-corrected chi connectivity index (χ0v) is 19.8. The van der Waals surface area contributed by atoms with Crippen molar-refractivity contribution in [1.82, 2.24) is 14.4 Å². The molecule has 0 unspecified atom stereocenters. The van der Waals surface area contributed by atoms with Crippen LogP contribution >= 0.6 is 0 Å². The van der Waals surface area contributed by atoms with E-state index in [9.17, 15) is 19.5 Å². The average molecular weight is 482 g/mol. The van der Waals surface area contributed by atoms with E-state index in [1.54, 1.807) is 35.2 Å². The first-order chi connectivity index (χ1) is 17.5. The zero-order valence-electron chi connectivity index (χ0n) is 19.8. The van der Waals surface area contributed by atoms with E-state index in [-0.39, 0.29) is 29.6 Å². The Bertz CT molecular complexity index is 1410. The summed E-state index contributed by atoms with van der Waals surface area (Å²) in [6, 6.07) is 23.0. The second-order valence-corrected chi connectivity index (χ2v) is 9.91. The van der Waals surface area contributed by atoms with Crippen LogP contribution in [0.5, 0.6) is 0 Å². The van der Waals surface area contributed by atoms with Crippen LogP contribution in [0, 0.1) is 5.92 Å². The van der Waals surface area contributed by atoms with E-state index in [1.807, 2.05) is 53.1 Å². The van der Waals surface area contributed by atoms with Crippen LogP contribution in [0.1, 0.15) is 35.3 Å². The molecule has 0 radical (unpaired) electrons. The molecule has 1 aromatic heterocycles. The number of fused-ring (bicyclic) bond motifs is 4. The summed E-state index contributed by atoms with van der Waals surface area (Å²) in [7, 11) is 0. The van der Waals surface area contributed by atoms with Gasteiger partial charge in [-0.15, -0.1) is 0 Å². The lowest BCUT2D eigenvalue weighted by atomic mass is 9.86. The Kier molecular flexibility index (Phi) is 5.57. The summed E-state index contributed by atoms with van der Waals surface area (Å²) in [5, 5.41) is 11.2. The normalized spacial score (nSPS) is 25.1. The summed E-state index contributed by atoms with van der Waals surface area (Å²) in [6.07, 6.45) is 1.75. The molecule has 2 saturated heterocycles. The van der Waals surface area contributed by atoms with Crippen molar-refractivity contribution in [1.29, 1.82) is 0 Å². The third-order valence-corrected chi connectivity index (χ3v) is 7.58. The van der Waals surface area contributed by atoms with Crippen LogP contribution in [0.15, 0.2) is 89.2 Å². The van der Waals surface area contributed by atoms with Crippen molar-refractivity contribution in [3.05, 3.63) is 112 Å². The second-order valence-electron chi connectivity index (χ2n) is 9.91. The van der Waals surface area contributed by atoms with E-state index in [4.69, 9.17) is 0 Å². The number of carbonyl (C=O) groups is 2. The number of hydrogen-bond acceptors (Lipinski definition) is 5. The lowest BCUT2D eigenvalue weighted by molar-refractivity contribution is -0.141. The summed E-state index contributed by atoms with van der Waals surface area (Å²) in [5.41, 5.74) is 2.45. The Morgan fingerprint density at radius 2 is 1.58 bits per heavy atom. The molecule has 1 amide bonds. The van der Waals surface area contributed by atoms with Crippen LogP contribution in [-0.2, 0) is 16.0 Å². The summed E-state index contributed by atoms with van der Waals surface area (Å²) in [6.45, 7) is 1.65. The third kappa shape index (κ3) is 3.76. The maximum Gasteiger partial charge on any atom is 0.296 e. The number of aromatic nitrogens is 1. The van der Waals surface area contributed by atoms with Crippen molar-refractivity contribution in [2.45, 2.75) is 24.9 Å². The van der Waals surface area contributed by atoms with Gasteiger partial charge in [0.25, 0.3) is 17.2 Å². The summed E-state index contributed by atoms with van der Waals surface area (Å²) in [5.74, 6) is -1.08. The topological polar surface area (TPSA) is 82.9 Å². The van der Waals surface area contributed by atoms with Gasteiger partial charge in [-0.1, -0.05) is 66.7 Å². The van der Waals surface area contributed by atoms with E-state index < -0.39 is 17.7 Å². The SMILES string of the molecule is O=C1C(=O)N(CN2C[C@H]3Cc4cccc(=O)n4[C@@H](C3)C2)[C@@H](c2ccccc2)C1=C(O)c1ccccc1. The largest absolute Gasteiger partial charge is 0.507 e. The Hall–Kier alpha value is -3.97. The van der Waals surface area contributed by atoms with Crippen molar-refractivity contribution >= 4 is 17.4 Å². The molecule has 7 heteroatoms. The van der Waals surface area contributed by atoms with Crippen LogP contribution in [0.25, 0.3) is 5.76 Å². The summed E-state index contributed by atoms with van der Waals surface area (Å²) in [4.78, 5) is 43.0. The molecule has 1 N–H and O–H groups in total. The number of nitrogens with zero attached hydrogens (tertiary/aromatic N) is 3. The average Bonchev–Trinajstić information content (AvgIpc) is 3.14. The molecule has 3 aliphatic rings. The number of hydrogen-bond donors (Lipinski definition) is 1. The lowest BCUT2D eigenvalue weighted by Gasteiger charge is -2.44. The number of ketones is 1. The van der Waals surface area contributed by atoms with Gasteiger partial charge in [0.15, 0.2) is 0 Å². The first-order valence-corrected chi connectivity index (χ1v) is 12.3. The molecule has 2 bridgehead atoms. The third-order valence-electron chi connectivity index (χ3n) is 7.58. The second kappa shape index (κ2) is 8.91. The van der Waals surface area contributed by atoms with E-state index >= 15 is 0 Å². The van der Waals surface area contributed by atoms with Crippen LogP contribution < -0.4 is 5.56 Å². The molecule has 36 heavy (non-hydrogen) atoms. The number of piperidine rings is 1. The predicted molar refractivity (Wildman–Crippen MR) is 135 cm³/mol. The van der Waals surface area contributed by atoms with Crippen LogP contribution in [0.4, 0.5) is 0 Å². The van der Waals surface area contributed by atoms with Gasteiger partial charge in [-0.25, -0.2) is 0 Å². The zero-order chi connectivity index (χ0) is 24.8. The van der Waals surface area contributed by atoms with Gasteiger partial charge in [0, 0.05) is 36.5 Å². The van der Waals surface area contributed by atoms with Crippen LogP contribution in [0.2, 0.25) is 0 Å². The Morgan fingerprint density at radius 1 is 0.861 bits per heavy atom. The molecule has 3 aliphatic heterocycles. The number of likely N-dealkylation sites (tertiary alicyclic amines) is 2. The minimum absolute atomic E-state index is 0.00499. The number of carbonyl (C=O) groups excluding carboxylic acids is 2. The fourth-order valence-corrected chi connectivity index (χ4v) is 6.12. The molecule has 4 heterocycles. The standard InChI is InChI=1S/C29H27N3O4/c33-24-13-7-12-22-14-19-15-23(32(22)24)17-30(16-19)18-31-26(20-8-3-1-4-9-20)25(28(35)29(31)36)27(34)21-10-5-2-6-11-21/h1-13,19,23,26,34H,14-18H2/t19-,23-,26-/m0/s1. The Labute approximate surface area is 208 Å². The fourth-order valence-electron chi connectivity index (χ4n) is 6.12. The number of aliphatic hydroxyl groups excluding tert-OH is 1. The van der Waals surface area contributed by atoms with Crippen molar-refractivity contribution in [3.8, 4) is 0 Å². The lowest BCUT2D eigenvalue weighted by Crippen LogP contribution is -2.52. The first-order valence-electron chi connectivity index (χ1n) is 12.3. The predicted octanol–water partition coefficient (Wildman–Crippen LogP) is 3.35. The molecule has 0 aliphatic carbocycles. The maximum absolute atomic E-state index is 13.4. The summed E-state index contributed by atoms with van der Waals surface area (Å²) >= 11 is 0. The number of amides is 1. The van der Waals surface area contributed by atoms with Crippen LogP contribution in [0.3, 0.4) is 0 Å². The van der Waals surface area contributed by atoms with Gasteiger partial charge in [0.2, 0.25) is 0 Å². The molecule has 0 saturated carbocycles. The minimum atomic E-state index is -0.691. The summed E-state index contributed by atoms with van der Waals surface area (Å²) < 4.78 is 1.89. The van der Waals surface area contributed by atoms with Gasteiger partial charge in [-0.05, 0) is 30.4 Å². The van der Waals surface area contributed by atoms with Gasteiger partial charge >= 0.3 is 0 Å². The van der Waals surface area contributed by atoms with Gasteiger partial charge in [0.1, 0.15) is 5.76 Å². The molecule has 7 nitrogen and oxygen atoms in total. The molecular weight excluding hydrogens is 454 g/mol. The van der Waals surface area contributed by atoms with E-state index in [0.29, 0.717) is 18.0 Å². The van der Waals surface area contributed by atoms with Gasteiger partial charge in [-0.2, -0.15) is 0 Å². The molecule has 182 valence electrons. The highest BCUT2D eigenvalue weighted by molar-refractivity contribution is 6.46. The molecule has 2 aromatic carbocycles.